The molecule has 0 aromatic heterocycles. The molecule has 1 N–H and O–H groups in total. The van der Waals surface area contributed by atoms with Crippen molar-refractivity contribution in [2.45, 2.75) is 46.8 Å². The van der Waals surface area contributed by atoms with Gasteiger partial charge in [-0.1, -0.05) is 39.0 Å². The molecular formula is C15H25NO. The molecule has 0 radical (unpaired) electrons. The van der Waals surface area contributed by atoms with E-state index in [0.29, 0.717) is 6.04 Å². The minimum absolute atomic E-state index is 0.209. The summed E-state index contributed by atoms with van der Waals surface area (Å²) in [6.45, 7) is 10.7. The highest BCUT2D eigenvalue weighted by molar-refractivity contribution is 5.54. The van der Waals surface area contributed by atoms with Crippen LogP contribution in [-0.4, -0.2) is 18.2 Å². The lowest BCUT2D eigenvalue weighted by Gasteiger charge is -2.38. The molecule has 1 unspecified atom stereocenters. The van der Waals surface area contributed by atoms with E-state index >= 15 is 0 Å². The zero-order valence-electron chi connectivity index (χ0n) is 11.9. The summed E-state index contributed by atoms with van der Waals surface area (Å²) in [6, 6.07) is 8.46. The van der Waals surface area contributed by atoms with Gasteiger partial charge in [-0.25, -0.2) is 0 Å². The molecule has 0 aliphatic carbocycles. The van der Waals surface area contributed by atoms with Gasteiger partial charge >= 0.3 is 0 Å². The molecule has 1 aromatic carbocycles. The van der Waals surface area contributed by atoms with Crippen LogP contribution in [0.5, 0.6) is 0 Å². The average Bonchev–Trinajstić information content (AvgIpc) is 2.25. The van der Waals surface area contributed by atoms with Gasteiger partial charge in [0, 0.05) is 24.3 Å². The van der Waals surface area contributed by atoms with Gasteiger partial charge in [0.25, 0.3) is 0 Å². The molecule has 1 rings (SSSR count). The normalized spacial score (nSPS) is 15.5. The lowest BCUT2D eigenvalue weighted by Crippen LogP contribution is -2.39. The molecule has 0 aliphatic rings. The van der Waals surface area contributed by atoms with E-state index in [9.17, 15) is 5.11 Å². The molecule has 2 nitrogen and oxygen atoms in total. The molecule has 1 aromatic rings. The number of hydrogen-bond acceptors (Lipinski definition) is 2. The highest BCUT2D eigenvalue weighted by Crippen LogP contribution is 2.31. The van der Waals surface area contributed by atoms with E-state index in [1.807, 2.05) is 25.1 Å². The molecule has 0 bridgehead atoms. The Hall–Kier alpha value is -1.02. The predicted octanol–water partition coefficient (Wildman–Crippen LogP) is 3.61. The van der Waals surface area contributed by atoms with Crippen molar-refractivity contribution in [2.24, 2.45) is 5.41 Å². The second-order valence-electron chi connectivity index (χ2n) is 5.89. The van der Waals surface area contributed by atoms with Crippen LogP contribution in [0.3, 0.4) is 0 Å². The molecule has 0 saturated carbocycles. The predicted molar refractivity (Wildman–Crippen MR) is 74.4 cm³/mol. The minimum atomic E-state index is -0.430. The van der Waals surface area contributed by atoms with Gasteiger partial charge in [-0.05, 0) is 25.3 Å². The Morgan fingerprint density at radius 1 is 1.12 bits per heavy atom. The van der Waals surface area contributed by atoms with Crippen molar-refractivity contribution in [3.05, 3.63) is 29.8 Å². The van der Waals surface area contributed by atoms with Crippen molar-refractivity contribution in [3.63, 3.8) is 0 Å². The number of anilines is 1. The third-order valence-electron chi connectivity index (χ3n) is 3.60. The van der Waals surface area contributed by atoms with Crippen LogP contribution in [0.25, 0.3) is 0 Å². The monoisotopic (exact) mass is 235 g/mol. The van der Waals surface area contributed by atoms with Crippen molar-refractivity contribution < 1.29 is 5.11 Å². The second-order valence-corrected chi connectivity index (χ2v) is 5.89. The highest BCUT2D eigenvalue weighted by Gasteiger charge is 2.25. The van der Waals surface area contributed by atoms with Crippen LogP contribution < -0.4 is 4.90 Å². The molecule has 2 heteroatoms. The van der Waals surface area contributed by atoms with Gasteiger partial charge in [0.15, 0.2) is 0 Å². The summed E-state index contributed by atoms with van der Waals surface area (Å²) in [6.07, 6.45) is -0.430. The van der Waals surface area contributed by atoms with Gasteiger partial charge in [-0.2, -0.15) is 0 Å². The standard InChI is InChI=1S/C15H25NO/c1-11(17)13-9-7-8-10-14(13)16(6)12(2)15(3,4)5/h7-12,17H,1-6H3/t11-,12?/m1/s1. The van der Waals surface area contributed by atoms with Crippen molar-refractivity contribution >= 4 is 5.69 Å². The molecule has 0 heterocycles. The topological polar surface area (TPSA) is 23.5 Å². The second kappa shape index (κ2) is 5.09. The summed E-state index contributed by atoms with van der Waals surface area (Å²) in [5, 5.41) is 9.81. The summed E-state index contributed by atoms with van der Waals surface area (Å²) in [4.78, 5) is 2.25. The van der Waals surface area contributed by atoms with Gasteiger partial charge in [0.2, 0.25) is 0 Å². The maximum absolute atomic E-state index is 9.81. The van der Waals surface area contributed by atoms with E-state index in [-0.39, 0.29) is 5.41 Å². The molecule has 0 fully saturated rings. The molecule has 17 heavy (non-hydrogen) atoms. The molecule has 2 atom stereocenters. The van der Waals surface area contributed by atoms with Gasteiger partial charge in [0.05, 0.1) is 6.10 Å². The molecule has 0 spiro atoms. The van der Waals surface area contributed by atoms with Gasteiger partial charge < -0.3 is 10.0 Å². The zero-order chi connectivity index (χ0) is 13.2. The van der Waals surface area contributed by atoms with Crippen molar-refractivity contribution in [1.29, 1.82) is 0 Å². The first kappa shape index (κ1) is 14.0. The highest BCUT2D eigenvalue weighted by atomic mass is 16.3. The van der Waals surface area contributed by atoms with E-state index in [2.05, 4.69) is 45.7 Å². The van der Waals surface area contributed by atoms with E-state index in [4.69, 9.17) is 0 Å². The average molecular weight is 235 g/mol. The maximum atomic E-state index is 9.81. The molecule has 0 saturated heterocycles. The molecule has 0 aliphatic heterocycles. The lowest BCUT2D eigenvalue weighted by atomic mass is 9.86. The summed E-state index contributed by atoms with van der Waals surface area (Å²) < 4.78 is 0. The third kappa shape index (κ3) is 3.22. The Morgan fingerprint density at radius 3 is 2.12 bits per heavy atom. The Balaban J connectivity index is 3.08. The van der Waals surface area contributed by atoms with Crippen molar-refractivity contribution in [1.82, 2.24) is 0 Å². The number of hydrogen-bond donors (Lipinski definition) is 1. The Bertz CT molecular complexity index is 365. The van der Waals surface area contributed by atoms with Gasteiger partial charge in [0.1, 0.15) is 0 Å². The van der Waals surface area contributed by atoms with E-state index in [1.165, 1.54) is 0 Å². The van der Waals surface area contributed by atoms with Crippen LogP contribution in [0.2, 0.25) is 0 Å². The Morgan fingerprint density at radius 2 is 1.65 bits per heavy atom. The maximum Gasteiger partial charge on any atom is 0.0781 e. The van der Waals surface area contributed by atoms with Crippen molar-refractivity contribution in [2.75, 3.05) is 11.9 Å². The van der Waals surface area contributed by atoms with Gasteiger partial charge in [-0.3, -0.25) is 0 Å². The number of rotatable bonds is 3. The molecule has 96 valence electrons. The van der Waals surface area contributed by atoms with Crippen LogP contribution in [-0.2, 0) is 0 Å². The fourth-order valence-electron chi connectivity index (χ4n) is 1.95. The number of benzene rings is 1. The quantitative estimate of drug-likeness (QED) is 0.865. The summed E-state index contributed by atoms with van der Waals surface area (Å²) in [7, 11) is 2.09. The lowest BCUT2D eigenvalue weighted by molar-refractivity contribution is 0.199. The summed E-state index contributed by atoms with van der Waals surface area (Å²) in [5.74, 6) is 0. The summed E-state index contributed by atoms with van der Waals surface area (Å²) in [5.41, 5.74) is 2.32. The number of aliphatic hydroxyl groups is 1. The smallest absolute Gasteiger partial charge is 0.0781 e. The third-order valence-corrected chi connectivity index (χ3v) is 3.60. The fourth-order valence-corrected chi connectivity index (χ4v) is 1.95. The number of para-hydroxylation sites is 1. The molecular weight excluding hydrogens is 210 g/mol. The first-order valence-electron chi connectivity index (χ1n) is 6.25. The SMILES string of the molecule is CC(N(C)c1ccccc1[C@@H](C)O)C(C)(C)C. The first-order valence-corrected chi connectivity index (χ1v) is 6.25. The van der Waals surface area contributed by atoms with Crippen molar-refractivity contribution in [3.8, 4) is 0 Å². The van der Waals surface area contributed by atoms with Crippen LogP contribution >= 0.6 is 0 Å². The van der Waals surface area contributed by atoms with Crippen LogP contribution in [0, 0.1) is 5.41 Å². The van der Waals surface area contributed by atoms with E-state index in [0.717, 1.165) is 11.3 Å². The van der Waals surface area contributed by atoms with E-state index in [1.54, 1.807) is 0 Å². The first-order chi connectivity index (χ1) is 7.75. The zero-order valence-corrected chi connectivity index (χ0v) is 11.9. The van der Waals surface area contributed by atoms with Gasteiger partial charge in [-0.15, -0.1) is 0 Å². The number of nitrogens with zero attached hydrogens (tertiary/aromatic N) is 1. The van der Waals surface area contributed by atoms with E-state index < -0.39 is 6.10 Å². The Labute approximate surface area is 105 Å². The van der Waals surface area contributed by atoms with Crippen LogP contribution in [0.1, 0.15) is 46.3 Å². The Kier molecular flexibility index (Phi) is 4.21. The largest absolute Gasteiger partial charge is 0.389 e. The van der Waals surface area contributed by atoms with Crippen LogP contribution in [0.15, 0.2) is 24.3 Å². The fraction of sp³-hybridized carbons (Fsp3) is 0.600. The summed E-state index contributed by atoms with van der Waals surface area (Å²) >= 11 is 0. The van der Waals surface area contributed by atoms with Crippen LogP contribution in [0.4, 0.5) is 5.69 Å². The number of aliphatic hydroxyl groups excluding tert-OH is 1. The minimum Gasteiger partial charge on any atom is -0.389 e. The molecule has 0 amide bonds.